The molecule has 2 N–H and O–H groups in total. The zero-order valence-corrected chi connectivity index (χ0v) is 12.3. The first-order chi connectivity index (χ1) is 8.47. The van der Waals surface area contributed by atoms with Gasteiger partial charge in [-0.2, -0.15) is 0 Å². The lowest BCUT2D eigenvalue weighted by atomic mass is 10.1. The van der Waals surface area contributed by atoms with Gasteiger partial charge in [0.05, 0.1) is 23.4 Å². The molecule has 0 radical (unpaired) electrons. The lowest BCUT2D eigenvalue weighted by Crippen LogP contribution is -2.37. The van der Waals surface area contributed by atoms with Gasteiger partial charge in [-0.1, -0.05) is 20.8 Å². The second-order valence-electron chi connectivity index (χ2n) is 4.87. The summed E-state index contributed by atoms with van der Waals surface area (Å²) in [4.78, 5) is 17.3. The van der Waals surface area contributed by atoms with Crippen LogP contribution in [0.3, 0.4) is 0 Å². The van der Waals surface area contributed by atoms with Crippen molar-refractivity contribution in [2.24, 2.45) is 5.92 Å². The third-order valence-corrected chi connectivity index (χ3v) is 3.67. The number of amides is 1. The molecule has 1 aromatic heterocycles. The molecule has 0 saturated carbocycles. The second kappa shape index (κ2) is 6.85. The highest BCUT2D eigenvalue weighted by molar-refractivity contribution is 7.13. The van der Waals surface area contributed by atoms with Gasteiger partial charge >= 0.3 is 0 Å². The Morgan fingerprint density at radius 3 is 2.67 bits per heavy atom. The molecule has 1 atom stereocenters. The van der Waals surface area contributed by atoms with Gasteiger partial charge in [0.2, 0.25) is 0 Å². The molecule has 1 amide bonds. The van der Waals surface area contributed by atoms with Crippen molar-refractivity contribution in [2.45, 2.75) is 46.6 Å². The van der Waals surface area contributed by atoms with Gasteiger partial charge < -0.3 is 10.4 Å². The van der Waals surface area contributed by atoms with E-state index in [1.165, 1.54) is 11.3 Å². The summed E-state index contributed by atoms with van der Waals surface area (Å²) in [5.74, 6) is 0.356. The van der Waals surface area contributed by atoms with Gasteiger partial charge in [-0.25, -0.2) is 4.98 Å². The molecule has 1 rings (SSSR count). The predicted octanol–water partition coefficient (Wildman–Crippen LogP) is 2.15. The van der Waals surface area contributed by atoms with Crippen molar-refractivity contribution in [2.75, 3.05) is 6.61 Å². The van der Waals surface area contributed by atoms with E-state index >= 15 is 0 Å². The maximum Gasteiger partial charge on any atom is 0.263 e. The molecule has 0 aromatic carbocycles. The number of carbonyl (C=O) groups excluding carboxylic acids is 1. The summed E-state index contributed by atoms with van der Waals surface area (Å²) in [6.07, 6.45) is 1.53. The Morgan fingerprint density at radius 1 is 1.50 bits per heavy atom. The van der Waals surface area contributed by atoms with Crippen LogP contribution < -0.4 is 5.32 Å². The minimum absolute atomic E-state index is 0.0282. The number of nitrogens with one attached hydrogen (secondary N) is 1. The number of hydrogen-bond acceptors (Lipinski definition) is 4. The summed E-state index contributed by atoms with van der Waals surface area (Å²) in [6, 6.07) is -0.174. The fraction of sp³-hybridized carbons (Fsp3) is 0.692. The van der Waals surface area contributed by atoms with E-state index in [1.807, 2.05) is 13.8 Å². The van der Waals surface area contributed by atoms with E-state index in [2.05, 4.69) is 24.1 Å². The normalized spacial score (nSPS) is 12.8. The quantitative estimate of drug-likeness (QED) is 0.832. The van der Waals surface area contributed by atoms with E-state index in [4.69, 9.17) is 5.11 Å². The molecule has 5 heteroatoms. The Balaban J connectivity index is 2.84. The topological polar surface area (TPSA) is 62.2 Å². The third-order valence-electron chi connectivity index (χ3n) is 2.66. The van der Waals surface area contributed by atoms with Crippen LogP contribution in [-0.4, -0.2) is 28.6 Å². The summed E-state index contributed by atoms with van der Waals surface area (Å²) in [5, 5.41) is 12.9. The van der Waals surface area contributed by atoms with Crippen LogP contribution >= 0.6 is 11.3 Å². The van der Waals surface area contributed by atoms with Crippen LogP contribution in [0.25, 0.3) is 0 Å². The summed E-state index contributed by atoms with van der Waals surface area (Å²) in [7, 11) is 0. The largest absolute Gasteiger partial charge is 0.394 e. The van der Waals surface area contributed by atoms with Crippen molar-refractivity contribution in [3.05, 3.63) is 15.6 Å². The van der Waals surface area contributed by atoms with E-state index in [0.717, 1.165) is 23.5 Å². The van der Waals surface area contributed by atoms with Gasteiger partial charge in [-0.15, -0.1) is 11.3 Å². The highest BCUT2D eigenvalue weighted by Gasteiger charge is 2.19. The van der Waals surface area contributed by atoms with Gasteiger partial charge in [-0.05, 0) is 25.7 Å². The summed E-state index contributed by atoms with van der Waals surface area (Å²) < 4.78 is 0. The maximum absolute atomic E-state index is 12.1. The molecule has 0 aliphatic carbocycles. The molecule has 0 aliphatic rings. The smallest absolute Gasteiger partial charge is 0.263 e. The SMILES string of the molecule is CC[C@@H](CO)NC(=O)c1sc(C)nc1CC(C)C. The summed E-state index contributed by atoms with van der Waals surface area (Å²) >= 11 is 1.42. The number of aliphatic hydroxyl groups excluding tert-OH is 1. The van der Waals surface area contributed by atoms with Crippen LogP contribution in [0.4, 0.5) is 0 Å². The average molecular weight is 270 g/mol. The number of aryl methyl sites for hydroxylation is 1. The summed E-state index contributed by atoms with van der Waals surface area (Å²) in [5.41, 5.74) is 0.873. The first-order valence-electron chi connectivity index (χ1n) is 6.35. The van der Waals surface area contributed by atoms with Crippen LogP contribution in [0.1, 0.15) is 47.6 Å². The fourth-order valence-electron chi connectivity index (χ4n) is 1.70. The highest BCUT2D eigenvalue weighted by atomic mass is 32.1. The average Bonchev–Trinajstić information content (AvgIpc) is 2.66. The van der Waals surface area contributed by atoms with Gasteiger partial charge in [0.25, 0.3) is 5.91 Å². The molecule has 0 aliphatic heterocycles. The van der Waals surface area contributed by atoms with Crippen molar-refractivity contribution < 1.29 is 9.90 Å². The Hall–Kier alpha value is -0.940. The third kappa shape index (κ3) is 4.07. The van der Waals surface area contributed by atoms with Crippen LogP contribution in [0.15, 0.2) is 0 Å². The predicted molar refractivity (Wildman–Crippen MR) is 74.0 cm³/mol. The van der Waals surface area contributed by atoms with E-state index in [-0.39, 0.29) is 18.6 Å². The second-order valence-corrected chi connectivity index (χ2v) is 6.07. The first-order valence-corrected chi connectivity index (χ1v) is 7.17. The number of aromatic nitrogens is 1. The van der Waals surface area contributed by atoms with Gasteiger partial charge in [-0.3, -0.25) is 4.79 Å². The van der Waals surface area contributed by atoms with Crippen molar-refractivity contribution >= 4 is 17.2 Å². The minimum atomic E-state index is -0.174. The number of rotatable bonds is 6. The van der Waals surface area contributed by atoms with E-state index < -0.39 is 0 Å². The minimum Gasteiger partial charge on any atom is -0.394 e. The molecule has 0 bridgehead atoms. The Kier molecular flexibility index (Phi) is 5.75. The van der Waals surface area contributed by atoms with Gasteiger partial charge in [0, 0.05) is 0 Å². The van der Waals surface area contributed by atoms with Crippen LogP contribution in [0.2, 0.25) is 0 Å². The van der Waals surface area contributed by atoms with Crippen molar-refractivity contribution in [1.82, 2.24) is 10.3 Å². The molecular weight excluding hydrogens is 248 g/mol. The first kappa shape index (κ1) is 15.1. The molecular formula is C13H22N2O2S. The number of carbonyl (C=O) groups is 1. The highest BCUT2D eigenvalue weighted by Crippen LogP contribution is 2.21. The molecule has 0 unspecified atom stereocenters. The van der Waals surface area contributed by atoms with E-state index in [9.17, 15) is 4.79 Å². The van der Waals surface area contributed by atoms with Crippen molar-refractivity contribution in [3.8, 4) is 0 Å². The van der Waals surface area contributed by atoms with Crippen LogP contribution in [0.5, 0.6) is 0 Å². The standard InChI is InChI=1S/C13H22N2O2S/c1-5-10(7-16)15-13(17)12-11(6-8(2)3)14-9(4)18-12/h8,10,16H,5-7H2,1-4H3,(H,15,17)/t10-/m0/s1. The zero-order valence-electron chi connectivity index (χ0n) is 11.5. The fourth-order valence-corrected chi connectivity index (χ4v) is 2.55. The Labute approximate surface area is 112 Å². The maximum atomic E-state index is 12.1. The number of aliphatic hydroxyl groups is 1. The lowest BCUT2D eigenvalue weighted by Gasteiger charge is -2.13. The van der Waals surface area contributed by atoms with Crippen molar-refractivity contribution in [3.63, 3.8) is 0 Å². The number of thiazole rings is 1. The number of nitrogens with zero attached hydrogens (tertiary/aromatic N) is 1. The van der Waals surface area contributed by atoms with E-state index in [0.29, 0.717) is 10.8 Å². The Morgan fingerprint density at radius 2 is 2.17 bits per heavy atom. The van der Waals surface area contributed by atoms with Gasteiger partial charge in [0.15, 0.2) is 0 Å². The molecule has 1 heterocycles. The number of hydrogen-bond donors (Lipinski definition) is 2. The zero-order chi connectivity index (χ0) is 13.7. The molecule has 0 spiro atoms. The summed E-state index contributed by atoms with van der Waals surface area (Å²) in [6.45, 7) is 8.04. The molecule has 4 nitrogen and oxygen atoms in total. The molecule has 0 saturated heterocycles. The lowest BCUT2D eigenvalue weighted by molar-refractivity contribution is 0.0918. The molecule has 18 heavy (non-hydrogen) atoms. The monoisotopic (exact) mass is 270 g/mol. The molecule has 1 aromatic rings. The van der Waals surface area contributed by atoms with Crippen LogP contribution in [-0.2, 0) is 6.42 Å². The molecule has 0 fully saturated rings. The van der Waals surface area contributed by atoms with E-state index in [1.54, 1.807) is 0 Å². The van der Waals surface area contributed by atoms with Gasteiger partial charge in [0.1, 0.15) is 4.88 Å². The molecule has 102 valence electrons. The Bertz CT molecular complexity index is 398. The van der Waals surface area contributed by atoms with Crippen molar-refractivity contribution in [1.29, 1.82) is 0 Å². The van der Waals surface area contributed by atoms with Crippen LogP contribution in [0, 0.1) is 12.8 Å².